The molecule has 6 heteroatoms. The fourth-order valence-corrected chi connectivity index (χ4v) is 3.08. The lowest BCUT2D eigenvalue weighted by Crippen LogP contribution is -2.37. The van der Waals surface area contributed by atoms with Gasteiger partial charge in [-0.05, 0) is 25.0 Å². The molecule has 2 saturated heterocycles. The maximum absolute atomic E-state index is 12.3. The molecule has 2 atom stereocenters. The highest BCUT2D eigenvalue weighted by Crippen LogP contribution is 2.28. The molecule has 0 saturated carbocycles. The normalized spacial score (nSPS) is 24.0. The fourth-order valence-electron chi connectivity index (χ4n) is 3.08. The van der Waals surface area contributed by atoms with Crippen LogP contribution in [-0.2, 0) is 14.3 Å². The van der Waals surface area contributed by atoms with Crippen LogP contribution in [0.1, 0.15) is 19.3 Å². The van der Waals surface area contributed by atoms with Gasteiger partial charge in [0.2, 0.25) is 11.8 Å². The molecule has 2 heterocycles. The smallest absolute Gasteiger partial charge is 0.227 e. The first-order chi connectivity index (χ1) is 11.2. The Morgan fingerprint density at radius 3 is 3.09 bits per heavy atom. The number of anilines is 1. The Hall–Kier alpha value is -2.08. The van der Waals surface area contributed by atoms with Crippen molar-refractivity contribution in [2.75, 3.05) is 31.7 Å². The number of rotatable bonds is 5. The molecule has 0 aliphatic carbocycles. The van der Waals surface area contributed by atoms with E-state index < -0.39 is 0 Å². The van der Waals surface area contributed by atoms with Gasteiger partial charge in [-0.3, -0.25) is 9.59 Å². The Labute approximate surface area is 135 Å². The Morgan fingerprint density at radius 1 is 1.48 bits per heavy atom. The van der Waals surface area contributed by atoms with Crippen LogP contribution in [-0.4, -0.2) is 44.7 Å². The third-order valence-electron chi connectivity index (χ3n) is 4.39. The van der Waals surface area contributed by atoms with Gasteiger partial charge < -0.3 is 19.7 Å². The number of nitrogens with zero attached hydrogens (tertiary/aromatic N) is 1. The van der Waals surface area contributed by atoms with Crippen LogP contribution in [0, 0.1) is 5.92 Å². The average Bonchev–Trinajstić information content (AvgIpc) is 3.22. The minimum Gasteiger partial charge on any atom is -0.497 e. The quantitative estimate of drug-likeness (QED) is 0.890. The molecular formula is C17H22N2O4. The molecule has 2 amide bonds. The Kier molecular flexibility index (Phi) is 4.81. The lowest BCUT2D eigenvalue weighted by Gasteiger charge is -2.18. The van der Waals surface area contributed by atoms with E-state index in [1.165, 1.54) is 0 Å². The molecule has 0 radical (unpaired) electrons. The molecule has 3 rings (SSSR count). The molecule has 23 heavy (non-hydrogen) atoms. The van der Waals surface area contributed by atoms with Gasteiger partial charge in [-0.2, -0.15) is 0 Å². The third kappa shape index (κ3) is 3.64. The molecule has 6 nitrogen and oxygen atoms in total. The number of carbonyl (C=O) groups is 2. The summed E-state index contributed by atoms with van der Waals surface area (Å²) in [5, 5.41) is 2.91. The van der Waals surface area contributed by atoms with Crippen molar-refractivity contribution >= 4 is 17.5 Å². The van der Waals surface area contributed by atoms with Gasteiger partial charge in [-0.1, -0.05) is 6.07 Å². The zero-order valence-corrected chi connectivity index (χ0v) is 13.3. The summed E-state index contributed by atoms with van der Waals surface area (Å²) < 4.78 is 10.7. The van der Waals surface area contributed by atoms with Crippen LogP contribution in [0.15, 0.2) is 24.3 Å². The van der Waals surface area contributed by atoms with E-state index in [0.29, 0.717) is 18.8 Å². The van der Waals surface area contributed by atoms with Crippen molar-refractivity contribution in [1.29, 1.82) is 0 Å². The molecule has 1 aromatic carbocycles. The molecule has 0 aromatic heterocycles. The summed E-state index contributed by atoms with van der Waals surface area (Å²) in [4.78, 5) is 26.2. The zero-order valence-electron chi connectivity index (χ0n) is 13.3. The third-order valence-corrected chi connectivity index (χ3v) is 4.39. The van der Waals surface area contributed by atoms with Crippen LogP contribution in [0.2, 0.25) is 0 Å². The fraction of sp³-hybridized carbons (Fsp3) is 0.529. The number of amides is 2. The summed E-state index contributed by atoms with van der Waals surface area (Å²) in [5.74, 6) is 0.284. The van der Waals surface area contributed by atoms with Crippen molar-refractivity contribution < 1.29 is 19.1 Å². The van der Waals surface area contributed by atoms with Crippen LogP contribution in [0.3, 0.4) is 0 Å². The molecule has 1 aromatic rings. The second-order valence-electron chi connectivity index (χ2n) is 5.99. The number of methoxy groups -OCH3 is 1. The lowest BCUT2D eigenvalue weighted by atomic mass is 10.1. The second kappa shape index (κ2) is 7.00. The molecule has 0 spiro atoms. The number of nitrogens with one attached hydrogen (secondary N) is 1. The van der Waals surface area contributed by atoms with E-state index in [1.54, 1.807) is 12.0 Å². The van der Waals surface area contributed by atoms with Crippen molar-refractivity contribution in [2.24, 2.45) is 5.92 Å². The van der Waals surface area contributed by atoms with Crippen molar-refractivity contribution in [2.45, 2.75) is 25.4 Å². The first kappa shape index (κ1) is 15.8. The zero-order chi connectivity index (χ0) is 16.2. The van der Waals surface area contributed by atoms with Crippen LogP contribution in [0.25, 0.3) is 0 Å². The molecule has 1 N–H and O–H groups in total. The van der Waals surface area contributed by atoms with Crippen LogP contribution in [0.5, 0.6) is 5.75 Å². The first-order valence-electron chi connectivity index (χ1n) is 8.01. The standard InChI is InChI=1S/C17H22N2O4/c1-22-14-5-2-4-13(9-14)19-11-12(8-16(19)20)17(21)18-10-15-6-3-7-23-15/h2,4-5,9,12,15H,3,6-8,10-11H2,1H3,(H,18,21). The lowest BCUT2D eigenvalue weighted by molar-refractivity contribution is -0.126. The molecule has 0 bridgehead atoms. The van der Waals surface area contributed by atoms with E-state index in [2.05, 4.69) is 5.32 Å². The Bertz CT molecular complexity index is 584. The highest BCUT2D eigenvalue weighted by atomic mass is 16.5. The Balaban J connectivity index is 1.58. The van der Waals surface area contributed by atoms with Gasteiger partial charge in [0, 0.05) is 37.9 Å². The van der Waals surface area contributed by atoms with Crippen molar-refractivity contribution in [3.8, 4) is 5.75 Å². The van der Waals surface area contributed by atoms with E-state index in [-0.39, 0.29) is 30.3 Å². The number of ether oxygens (including phenoxy) is 2. The number of benzene rings is 1. The van der Waals surface area contributed by atoms with E-state index in [1.807, 2.05) is 24.3 Å². The summed E-state index contributed by atoms with van der Waals surface area (Å²) in [5.41, 5.74) is 0.767. The summed E-state index contributed by atoms with van der Waals surface area (Å²) >= 11 is 0. The van der Waals surface area contributed by atoms with Gasteiger partial charge >= 0.3 is 0 Å². The minimum absolute atomic E-state index is 0.0319. The number of hydrogen-bond acceptors (Lipinski definition) is 4. The van der Waals surface area contributed by atoms with Crippen molar-refractivity contribution in [3.63, 3.8) is 0 Å². The Morgan fingerprint density at radius 2 is 2.35 bits per heavy atom. The van der Waals surface area contributed by atoms with Crippen LogP contribution in [0.4, 0.5) is 5.69 Å². The summed E-state index contributed by atoms with van der Waals surface area (Å²) in [7, 11) is 1.59. The van der Waals surface area contributed by atoms with Gasteiger partial charge in [0.15, 0.2) is 0 Å². The van der Waals surface area contributed by atoms with Gasteiger partial charge in [0.25, 0.3) is 0 Å². The largest absolute Gasteiger partial charge is 0.497 e. The topological polar surface area (TPSA) is 67.9 Å². The van der Waals surface area contributed by atoms with E-state index in [9.17, 15) is 9.59 Å². The molecule has 2 unspecified atom stereocenters. The van der Waals surface area contributed by atoms with Gasteiger partial charge in [0.05, 0.1) is 19.1 Å². The van der Waals surface area contributed by atoms with Crippen LogP contribution >= 0.6 is 0 Å². The minimum atomic E-state index is -0.310. The molecule has 2 aliphatic heterocycles. The van der Waals surface area contributed by atoms with Crippen molar-refractivity contribution in [3.05, 3.63) is 24.3 Å². The SMILES string of the molecule is COc1cccc(N2CC(C(=O)NCC3CCCO3)CC2=O)c1. The van der Waals surface area contributed by atoms with Gasteiger partial charge in [-0.25, -0.2) is 0 Å². The predicted octanol–water partition coefficient (Wildman–Crippen LogP) is 1.34. The maximum Gasteiger partial charge on any atom is 0.227 e. The molecule has 124 valence electrons. The van der Waals surface area contributed by atoms with Crippen molar-refractivity contribution in [1.82, 2.24) is 5.32 Å². The molecular weight excluding hydrogens is 296 g/mol. The highest BCUT2D eigenvalue weighted by molar-refractivity contribution is 6.00. The summed E-state index contributed by atoms with van der Waals surface area (Å²) in [6, 6.07) is 7.33. The van der Waals surface area contributed by atoms with E-state index in [0.717, 1.165) is 25.1 Å². The second-order valence-corrected chi connectivity index (χ2v) is 5.99. The summed E-state index contributed by atoms with van der Waals surface area (Å²) in [6.45, 7) is 1.71. The van der Waals surface area contributed by atoms with Gasteiger partial charge in [0.1, 0.15) is 5.75 Å². The number of hydrogen-bond donors (Lipinski definition) is 1. The molecule has 2 aliphatic rings. The average molecular weight is 318 g/mol. The predicted molar refractivity (Wildman–Crippen MR) is 85.4 cm³/mol. The van der Waals surface area contributed by atoms with Crippen LogP contribution < -0.4 is 15.0 Å². The van der Waals surface area contributed by atoms with E-state index in [4.69, 9.17) is 9.47 Å². The molecule has 2 fully saturated rings. The monoisotopic (exact) mass is 318 g/mol. The van der Waals surface area contributed by atoms with E-state index >= 15 is 0 Å². The van der Waals surface area contributed by atoms with Gasteiger partial charge in [-0.15, -0.1) is 0 Å². The summed E-state index contributed by atoms with van der Waals surface area (Å²) in [6.07, 6.45) is 2.39. The first-order valence-corrected chi connectivity index (χ1v) is 8.01. The maximum atomic E-state index is 12.3. The highest BCUT2D eigenvalue weighted by Gasteiger charge is 2.35. The number of carbonyl (C=O) groups excluding carboxylic acids is 2.